The molecular formula is C16H17ClFNO. The summed E-state index contributed by atoms with van der Waals surface area (Å²) in [5, 5.41) is 0. The summed E-state index contributed by atoms with van der Waals surface area (Å²) >= 11 is 0. The number of hydrogen-bond acceptors (Lipinski definition) is 2. The highest BCUT2D eigenvalue weighted by molar-refractivity contribution is 5.85. The van der Waals surface area contributed by atoms with Gasteiger partial charge < -0.3 is 10.5 Å². The van der Waals surface area contributed by atoms with E-state index in [9.17, 15) is 4.39 Å². The Kier molecular flexibility index (Phi) is 6.77. The van der Waals surface area contributed by atoms with Gasteiger partial charge in [-0.05, 0) is 23.3 Å². The number of nitrogens with two attached hydrogens (primary N) is 1. The molecule has 0 unspecified atom stereocenters. The first-order chi connectivity index (χ1) is 9.33. The summed E-state index contributed by atoms with van der Waals surface area (Å²) < 4.78 is 17.8. The second-order valence-corrected chi connectivity index (χ2v) is 4.15. The van der Waals surface area contributed by atoms with Gasteiger partial charge in [-0.15, -0.1) is 12.4 Å². The van der Waals surface area contributed by atoms with E-state index in [1.165, 1.54) is 0 Å². The summed E-state index contributed by atoms with van der Waals surface area (Å²) in [6, 6.07) is 17.8. The summed E-state index contributed by atoms with van der Waals surface area (Å²) in [6.45, 7) is 0.344. The van der Waals surface area contributed by atoms with Crippen molar-refractivity contribution in [3.8, 4) is 16.9 Å². The number of benzene rings is 2. The van der Waals surface area contributed by atoms with Gasteiger partial charge in [0.1, 0.15) is 12.4 Å². The van der Waals surface area contributed by atoms with Crippen LogP contribution in [-0.4, -0.2) is 13.2 Å². The molecule has 2 aromatic carbocycles. The van der Waals surface area contributed by atoms with Gasteiger partial charge in [-0.1, -0.05) is 42.5 Å². The van der Waals surface area contributed by atoms with Crippen LogP contribution in [-0.2, 0) is 0 Å². The van der Waals surface area contributed by atoms with Crippen LogP contribution in [0.1, 0.15) is 0 Å². The zero-order valence-electron chi connectivity index (χ0n) is 11.0. The van der Waals surface area contributed by atoms with Crippen molar-refractivity contribution in [2.75, 3.05) is 13.2 Å². The van der Waals surface area contributed by atoms with E-state index in [0.717, 1.165) is 11.1 Å². The van der Waals surface area contributed by atoms with Gasteiger partial charge in [0.25, 0.3) is 0 Å². The Bertz CT molecular complexity index is 540. The highest BCUT2D eigenvalue weighted by Crippen LogP contribution is 2.22. The molecule has 0 aliphatic heterocycles. The molecule has 2 aromatic rings. The van der Waals surface area contributed by atoms with Crippen molar-refractivity contribution < 1.29 is 9.13 Å². The summed E-state index contributed by atoms with van der Waals surface area (Å²) in [6.07, 6.45) is 0.498. The van der Waals surface area contributed by atoms with E-state index in [-0.39, 0.29) is 25.6 Å². The molecule has 0 aromatic heterocycles. The fraction of sp³-hybridized carbons (Fsp3) is 0.125. The maximum Gasteiger partial charge on any atom is 0.119 e. The van der Waals surface area contributed by atoms with Gasteiger partial charge in [0, 0.05) is 12.1 Å². The van der Waals surface area contributed by atoms with Crippen molar-refractivity contribution in [2.45, 2.75) is 0 Å². The molecule has 2 N–H and O–H groups in total. The summed E-state index contributed by atoms with van der Waals surface area (Å²) in [4.78, 5) is 0. The molecule has 0 aliphatic carbocycles. The van der Waals surface area contributed by atoms with Crippen LogP contribution in [0.25, 0.3) is 11.1 Å². The Balaban J connectivity index is 0.00000200. The summed E-state index contributed by atoms with van der Waals surface area (Å²) in [5.74, 6) is 0.701. The zero-order valence-corrected chi connectivity index (χ0v) is 11.8. The molecule has 0 saturated carbocycles. The van der Waals surface area contributed by atoms with E-state index in [4.69, 9.17) is 10.5 Å². The van der Waals surface area contributed by atoms with Crippen LogP contribution < -0.4 is 10.5 Å². The second-order valence-electron chi connectivity index (χ2n) is 4.15. The van der Waals surface area contributed by atoms with Gasteiger partial charge in [0.05, 0.1) is 6.33 Å². The van der Waals surface area contributed by atoms with Crippen molar-refractivity contribution in [1.82, 2.24) is 0 Å². The smallest absolute Gasteiger partial charge is 0.119 e. The van der Waals surface area contributed by atoms with E-state index in [2.05, 4.69) is 0 Å². The van der Waals surface area contributed by atoms with Gasteiger partial charge in [0.15, 0.2) is 0 Å². The highest BCUT2D eigenvalue weighted by Gasteiger charge is 2.00. The topological polar surface area (TPSA) is 35.2 Å². The van der Waals surface area contributed by atoms with E-state index < -0.39 is 0 Å². The molecule has 0 spiro atoms. The van der Waals surface area contributed by atoms with Crippen molar-refractivity contribution >= 4 is 12.4 Å². The minimum atomic E-state index is 0. The molecule has 4 heteroatoms. The molecule has 2 rings (SSSR count). The minimum Gasteiger partial charge on any atom is -0.489 e. The lowest BCUT2D eigenvalue weighted by molar-refractivity contribution is 0.347. The van der Waals surface area contributed by atoms with Crippen LogP contribution in [0.4, 0.5) is 4.39 Å². The molecule has 2 nitrogen and oxygen atoms in total. The number of halogens is 2. The lowest BCUT2D eigenvalue weighted by Crippen LogP contribution is -2.10. The van der Waals surface area contributed by atoms with E-state index in [0.29, 0.717) is 17.7 Å². The molecule has 0 aliphatic rings. The molecule has 0 amide bonds. The third-order valence-electron chi connectivity index (χ3n) is 2.80. The molecule has 0 bridgehead atoms. The third kappa shape index (κ3) is 4.37. The van der Waals surface area contributed by atoms with E-state index >= 15 is 0 Å². The predicted molar refractivity (Wildman–Crippen MR) is 82.9 cm³/mol. The first-order valence-corrected chi connectivity index (χ1v) is 6.10. The largest absolute Gasteiger partial charge is 0.489 e. The Morgan fingerprint density at radius 1 is 1.00 bits per heavy atom. The van der Waals surface area contributed by atoms with E-state index in [1.807, 2.05) is 54.6 Å². The van der Waals surface area contributed by atoms with Gasteiger partial charge in [-0.25, -0.2) is 4.39 Å². The quantitative estimate of drug-likeness (QED) is 0.905. The van der Waals surface area contributed by atoms with Crippen LogP contribution in [0.5, 0.6) is 5.75 Å². The Morgan fingerprint density at radius 3 is 2.15 bits per heavy atom. The lowest BCUT2D eigenvalue weighted by Gasteiger charge is -2.08. The maximum absolute atomic E-state index is 12.3. The first kappa shape index (κ1) is 16.2. The van der Waals surface area contributed by atoms with Crippen molar-refractivity contribution in [2.24, 2.45) is 5.73 Å². The normalized spacial score (nSPS) is 10.8. The first-order valence-electron chi connectivity index (χ1n) is 6.10. The average Bonchev–Trinajstić information content (AvgIpc) is 2.50. The Labute approximate surface area is 124 Å². The number of rotatable bonds is 5. The molecule has 0 saturated heterocycles. The van der Waals surface area contributed by atoms with E-state index in [1.54, 1.807) is 0 Å². The van der Waals surface area contributed by atoms with Crippen LogP contribution in [0.2, 0.25) is 0 Å². The zero-order chi connectivity index (χ0) is 13.5. The molecule has 0 atom stereocenters. The number of hydrogen-bond donors (Lipinski definition) is 1. The molecule has 20 heavy (non-hydrogen) atoms. The van der Waals surface area contributed by atoms with Crippen LogP contribution in [0.3, 0.4) is 0 Å². The van der Waals surface area contributed by atoms with Gasteiger partial charge in [-0.3, -0.25) is 0 Å². The second kappa shape index (κ2) is 8.35. The third-order valence-corrected chi connectivity index (χ3v) is 2.80. The highest BCUT2D eigenvalue weighted by atomic mass is 35.5. The molecule has 0 fully saturated rings. The van der Waals surface area contributed by atoms with Gasteiger partial charge in [0.2, 0.25) is 0 Å². The molecular weight excluding hydrogens is 277 g/mol. The fourth-order valence-electron chi connectivity index (χ4n) is 1.69. The Morgan fingerprint density at radius 2 is 1.60 bits per heavy atom. The minimum absolute atomic E-state index is 0. The van der Waals surface area contributed by atoms with Gasteiger partial charge >= 0.3 is 0 Å². The fourth-order valence-corrected chi connectivity index (χ4v) is 1.69. The van der Waals surface area contributed by atoms with Crippen LogP contribution in [0, 0.1) is 0 Å². The number of ether oxygens (including phenoxy) is 1. The van der Waals surface area contributed by atoms with Crippen molar-refractivity contribution in [3.05, 3.63) is 66.5 Å². The van der Waals surface area contributed by atoms with Crippen molar-refractivity contribution in [3.63, 3.8) is 0 Å². The maximum atomic E-state index is 12.3. The SMILES string of the molecule is Cl.NC/C(=C\F)COc1ccc(-c2ccccc2)cc1. The standard InChI is InChI=1S/C16H16FNO.ClH/c17-10-13(11-18)12-19-16-8-6-15(7-9-16)14-4-2-1-3-5-14;/h1-10H,11-12,18H2;1H/b13-10+;. The Hall–Kier alpha value is -1.84. The van der Waals surface area contributed by atoms with Gasteiger partial charge in [-0.2, -0.15) is 0 Å². The summed E-state index contributed by atoms with van der Waals surface area (Å²) in [7, 11) is 0. The average molecular weight is 294 g/mol. The summed E-state index contributed by atoms with van der Waals surface area (Å²) in [5.41, 5.74) is 8.07. The van der Waals surface area contributed by atoms with Crippen LogP contribution >= 0.6 is 12.4 Å². The lowest BCUT2D eigenvalue weighted by atomic mass is 10.1. The van der Waals surface area contributed by atoms with Crippen molar-refractivity contribution in [1.29, 1.82) is 0 Å². The molecule has 106 valence electrons. The predicted octanol–water partition coefficient (Wildman–Crippen LogP) is 3.97. The molecule has 0 radical (unpaired) electrons. The monoisotopic (exact) mass is 293 g/mol. The van der Waals surface area contributed by atoms with Crippen LogP contribution in [0.15, 0.2) is 66.5 Å². The molecule has 0 heterocycles.